The van der Waals surface area contributed by atoms with Gasteiger partial charge in [-0.15, -0.1) is 0 Å². The SMILES string of the molecule is CC(C)(C)c1ccc2cc(C(C)(C)C)c3ccccc3c2c1. The van der Waals surface area contributed by atoms with Gasteiger partial charge in [0.15, 0.2) is 0 Å². The van der Waals surface area contributed by atoms with Crippen molar-refractivity contribution in [1.29, 1.82) is 0 Å². The summed E-state index contributed by atoms with van der Waals surface area (Å²) in [5.74, 6) is 0. The van der Waals surface area contributed by atoms with Gasteiger partial charge in [0.25, 0.3) is 0 Å². The second-order valence-corrected chi connectivity index (χ2v) is 8.41. The van der Waals surface area contributed by atoms with Gasteiger partial charge in [-0.3, -0.25) is 0 Å². The summed E-state index contributed by atoms with van der Waals surface area (Å²) in [5.41, 5.74) is 3.15. The summed E-state index contributed by atoms with van der Waals surface area (Å²) in [4.78, 5) is 0. The van der Waals surface area contributed by atoms with E-state index in [2.05, 4.69) is 90.1 Å². The first-order valence-corrected chi connectivity index (χ1v) is 8.14. The van der Waals surface area contributed by atoms with Crippen LogP contribution in [0.25, 0.3) is 21.5 Å². The minimum Gasteiger partial charge on any atom is -0.0616 e. The molecule has 0 aliphatic rings. The fourth-order valence-corrected chi connectivity index (χ4v) is 3.19. The maximum absolute atomic E-state index is 2.38. The fourth-order valence-electron chi connectivity index (χ4n) is 3.19. The van der Waals surface area contributed by atoms with E-state index in [0.717, 1.165) is 0 Å². The molecule has 0 fully saturated rings. The van der Waals surface area contributed by atoms with E-state index >= 15 is 0 Å². The van der Waals surface area contributed by atoms with Gasteiger partial charge >= 0.3 is 0 Å². The molecule has 0 heteroatoms. The largest absolute Gasteiger partial charge is 0.0616 e. The summed E-state index contributed by atoms with van der Waals surface area (Å²) >= 11 is 0. The lowest BCUT2D eigenvalue weighted by Gasteiger charge is -2.24. The van der Waals surface area contributed by atoms with Crippen molar-refractivity contribution in [3.8, 4) is 0 Å². The molecule has 0 spiro atoms. The van der Waals surface area contributed by atoms with Crippen molar-refractivity contribution in [3.63, 3.8) is 0 Å². The standard InChI is InChI=1S/C22H26/c1-21(2,3)16-12-11-15-13-20(22(4,5)6)18-10-8-7-9-17(18)19(15)14-16/h7-14H,1-6H3. The van der Waals surface area contributed by atoms with Crippen LogP contribution in [0.15, 0.2) is 48.5 Å². The van der Waals surface area contributed by atoms with Crippen molar-refractivity contribution in [2.75, 3.05) is 0 Å². The highest BCUT2D eigenvalue weighted by molar-refractivity contribution is 6.09. The number of benzene rings is 3. The average Bonchev–Trinajstić information content (AvgIpc) is 2.44. The molecule has 3 rings (SSSR count). The van der Waals surface area contributed by atoms with Crippen LogP contribution < -0.4 is 0 Å². The fraction of sp³-hybridized carbons (Fsp3) is 0.364. The summed E-state index contributed by atoms with van der Waals surface area (Å²) in [5, 5.41) is 5.47. The second-order valence-electron chi connectivity index (χ2n) is 8.41. The first-order chi connectivity index (χ1) is 10.2. The Kier molecular flexibility index (Phi) is 3.32. The molecule has 0 atom stereocenters. The van der Waals surface area contributed by atoms with Crippen LogP contribution in [0.1, 0.15) is 52.7 Å². The Bertz CT molecular complexity index is 839. The number of rotatable bonds is 0. The molecule has 0 saturated heterocycles. The van der Waals surface area contributed by atoms with E-state index in [1.54, 1.807) is 0 Å². The lowest BCUT2D eigenvalue weighted by Crippen LogP contribution is -2.12. The van der Waals surface area contributed by atoms with Gasteiger partial charge in [0.2, 0.25) is 0 Å². The topological polar surface area (TPSA) is 0 Å². The van der Waals surface area contributed by atoms with Gasteiger partial charge in [0.05, 0.1) is 0 Å². The van der Waals surface area contributed by atoms with Crippen LogP contribution >= 0.6 is 0 Å². The normalized spacial score (nSPS) is 13.0. The molecule has 0 aromatic heterocycles. The molecule has 0 radical (unpaired) electrons. The first kappa shape index (κ1) is 15.1. The maximum Gasteiger partial charge on any atom is -0.0102 e. The van der Waals surface area contributed by atoms with Crippen molar-refractivity contribution in [2.45, 2.75) is 52.4 Å². The lowest BCUT2D eigenvalue weighted by molar-refractivity contribution is 0.591. The highest BCUT2D eigenvalue weighted by Gasteiger charge is 2.20. The zero-order chi connectivity index (χ0) is 16.1. The number of fused-ring (bicyclic) bond motifs is 3. The molecule has 3 aromatic carbocycles. The Hall–Kier alpha value is -1.82. The molecule has 0 unspecified atom stereocenters. The maximum atomic E-state index is 2.38. The Morgan fingerprint density at radius 1 is 0.591 bits per heavy atom. The van der Waals surface area contributed by atoms with E-state index in [4.69, 9.17) is 0 Å². The highest BCUT2D eigenvalue weighted by atomic mass is 14.2. The summed E-state index contributed by atoms with van der Waals surface area (Å²) in [6, 6.07) is 18.2. The van der Waals surface area contributed by atoms with Gasteiger partial charge in [-0.1, -0.05) is 84.0 Å². The summed E-state index contributed by atoms with van der Waals surface area (Å²) in [6.45, 7) is 13.7. The number of hydrogen-bond acceptors (Lipinski definition) is 0. The van der Waals surface area contributed by atoms with Gasteiger partial charge in [-0.25, -0.2) is 0 Å². The van der Waals surface area contributed by atoms with Crippen LogP contribution in [-0.2, 0) is 10.8 Å². The number of hydrogen-bond donors (Lipinski definition) is 0. The zero-order valence-corrected chi connectivity index (χ0v) is 14.6. The Morgan fingerprint density at radius 3 is 1.82 bits per heavy atom. The molecular formula is C22H26. The third-order valence-electron chi connectivity index (χ3n) is 4.53. The van der Waals surface area contributed by atoms with E-state index in [-0.39, 0.29) is 10.8 Å². The molecular weight excluding hydrogens is 264 g/mol. The third-order valence-corrected chi connectivity index (χ3v) is 4.53. The van der Waals surface area contributed by atoms with Gasteiger partial charge in [-0.05, 0) is 49.6 Å². The molecule has 0 bridgehead atoms. The van der Waals surface area contributed by atoms with Crippen LogP contribution in [0.4, 0.5) is 0 Å². The molecule has 114 valence electrons. The monoisotopic (exact) mass is 290 g/mol. The summed E-state index contributed by atoms with van der Waals surface area (Å²) < 4.78 is 0. The van der Waals surface area contributed by atoms with E-state index in [1.807, 2.05) is 0 Å². The average molecular weight is 290 g/mol. The van der Waals surface area contributed by atoms with Crippen molar-refractivity contribution in [3.05, 3.63) is 59.7 Å². The molecule has 0 aliphatic carbocycles. The van der Waals surface area contributed by atoms with Crippen LogP contribution in [0.3, 0.4) is 0 Å². The molecule has 0 saturated carbocycles. The van der Waals surface area contributed by atoms with E-state index < -0.39 is 0 Å². The van der Waals surface area contributed by atoms with Crippen LogP contribution in [0.2, 0.25) is 0 Å². The van der Waals surface area contributed by atoms with Gasteiger partial charge in [0.1, 0.15) is 0 Å². The zero-order valence-electron chi connectivity index (χ0n) is 14.6. The van der Waals surface area contributed by atoms with Crippen LogP contribution in [0, 0.1) is 0 Å². The first-order valence-electron chi connectivity index (χ1n) is 8.14. The van der Waals surface area contributed by atoms with Crippen LogP contribution in [0.5, 0.6) is 0 Å². The van der Waals surface area contributed by atoms with Gasteiger partial charge in [-0.2, -0.15) is 0 Å². The minimum absolute atomic E-state index is 0.149. The Balaban J connectivity index is 2.44. The molecule has 0 amide bonds. The van der Waals surface area contributed by atoms with Gasteiger partial charge < -0.3 is 0 Å². The molecule has 22 heavy (non-hydrogen) atoms. The van der Waals surface area contributed by atoms with E-state index in [9.17, 15) is 0 Å². The Labute approximate surface area is 134 Å². The van der Waals surface area contributed by atoms with Crippen molar-refractivity contribution < 1.29 is 0 Å². The summed E-state index contributed by atoms with van der Waals surface area (Å²) in [6.07, 6.45) is 0. The molecule has 0 N–H and O–H groups in total. The smallest absolute Gasteiger partial charge is 0.0102 e. The molecule has 3 aromatic rings. The second kappa shape index (κ2) is 4.84. The lowest BCUT2D eigenvalue weighted by atomic mass is 9.80. The predicted octanol–water partition coefficient (Wildman–Crippen LogP) is 6.59. The quantitative estimate of drug-likeness (QED) is 0.410. The molecule has 0 heterocycles. The minimum atomic E-state index is 0.149. The highest BCUT2D eigenvalue weighted by Crippen LogP contribution is 2.37. The van der Waals surface area contributed by atoms with Crippen molar-refractivity contribution in [1.82, 2.24) is 0 Å². The molecule has 0 aliphatic heterocycles. The Morgan fingerprint density at radius 2 is 1.23 bits per heavy atom. The predicted molar refractivity (Wildman–Crippen MR) is 98.9 cm³/mol. The van der Waals surface area contributed by atoms with Crippen molar-refractivity contribution >= 4 is 21.5 Å². The van der Waals surface area contributed by atoms with Crippen molar-refractivity contribution in [2.24, 2.45) is 0 Å². The molecule has 0 nitrogen and oxygen atoms in total. The summed E-state index contributed by atoms with van der Waals surface area (Å²) in [7, 11) is 0. The van der Waals surface area contributed by atoms with Crippen LogP contribution in [-0.4, -0.2) is 0 Å². The van der Waals surface area contributed by atoms with E-state index in [0.29, 0.717) is 0 Å². The van der Waals surface area contributed by atoms with Gasteiger partial charge in [0, 0.05) is 0 Å². The third kappa shape index (κ3) is 2.52. The van der Waals surface area contributed by atoms with E-state index in [1.165, 1.54) is 32.7 Å².